The zero-order valence-corrected chi connectivity index (χ0v) is 15.0. The molecule has 1 aromatic carbocycles. The lowest BCUT2D eigenvalue weighted by Gasteiger charge is -2.32. The van der Waals surface area contributed by atoms with Gasteiger partial charge in [0.1, 0.15) is 0 Å². The van der Waals surface area contributed by atoms with E-state index >= 15 is 0 Å². The highest BCUT2D eigenvalue weighted by molar-refractivity contribution is 6.01. The minimum Gasteiger partial charge on any atom is -0.337 e. The molecule has 1 aromatic rings. The van der Waals surface area contributed by atoms with Crippen LogP contribution in [0.25, 0.3) is 5.57 Å². The molecule has 140 valence electrons. The molecule has 0 atom stereocenters. The van der Waals surface area contributed by atoms with Crippen molar-refractivity contribution in [3.63, 3.8) is 0 Å². The van der Waals surface area contributed by atoms with Crippen LogP contribution in [0.4, 0.5) is 14.5 Å². The van der Waals surface area contributed by atoms with Gasteiger partial charge in [-0.05, 0) is 13.1 Å². The molecule has 2 amide bonds. The van der Waals surface area contributed by atoms with Gasteiger partial charge in [-0.3, -0.25) is 9.59 Å². The molecule has 3 rings (SSSR count). The number of anilines is 1. The lowest BCUT2D eigenvalue weighted by molar-refractivity contribution is -0.127. The Balaban J connectivity index is 2.01. The van der Waals surface area contributed by atoms with Crippen molar-refractivity contribution >= 4 is 23.1 Å². The lowest BCUT2D eigenvalue weighted by atomic mass is 9.96. The Labute approximate surface area is 151 Å². The maximum absolute atomic E-state index is 14.8. The van der Waals surface area contributed by atoms with E-state index in [2.05, 4.69) is 4.90 Å². The van der Waals surface area contributed by atoms with Gasteiger partial charge in [-0.2, -0.15) is 0 Å². The number of nitrogens with zero attached hydrogens (tertiary/aromatic N) is 3. The maximum Gasteiger partial charge on any atom is 0.275 e. The van der Waals surface area contributed by atoms with Crippen LogP contribution in [-0.4, -0.2) is 67.3 Å². The Morgan fingerprint density at radius 1 is 1.08 bits per heavy atom. The fourth-order valence-electron chi connectivity index (χ4n) is 3.39. The van der Waals surface area contributed by atoms with E-state index in [9.17, 15) is 18.4 Å². The van der Waals surface area contributed by atoms with E-state index in [1.165, 1.54) is 11.8 Å². The first-order valence-corrected chi connectivity index (χ1v) is 8.74. The maximum atomic E-state index is 14.8. The fourth-order valence-corrected chi connectivity index (χ4v) is 3.39. The van der Waals surface area contributed by atoms with Gasteiger partial charge >= 0.3 is 0 Å². The average molecular weight is 363 g/mol. The number of amides is 2. The number of likely N-dealkylation sites (N-methyl/N-ethyl adjacent to an activating group) is 1. The van der Waals surface area contributed by atoms with Gasteiger partial charge < -0.3 is 14.7 Å². The fraction of sp³-hybridized carbons (Fsp3) is 0.474. The normalized spacial score (nSPS) is 22.1. The summed E-state index contributed by atoms with van der Waals surface area (Å²) < 4.78 is 29.7. The first kappa shape index (κ1) is 18.5. The van der Waals surface area contributed by atoms with Crippen LogP contribution in [0.3, 0.4) is 0 Å². The number of carbonyl (C=O) groups excluding carboxylic acids is 2. The van der Waals surface area contributed by atoms with E-state index in [4.69, 9.17) is 0 Å². The van der Waals surface area contributed by atoms with E-state index in [0.29, 0.717) is 18.8 Å². The molecular weight excluding hydrogens is 340 g/mol. The Bertz CT molecular complexity index is 740. The third-order valence-corrected chi connectivity index (χ3v) is 4.99. The summed E-state index contributed by atoms with van der Waals surface area (Å²) >= 11 is 0. The molecule has 0 N–H and O–H groups in total. The summed E-state index contributed by atoms with van der Waals surface area (Å²) in [5.41, 5.74) is 0.364. The van der Waals surface area contributed by atoms with E-state index in [0.717, 1.165) is 19.2 Å². The molecule has 7 heteroatoms. The van der Waals surface area contributed by atoms with E-state index in [-0.39, 0.29) is 23.6 Å². The van der Waals surface area contributed by atoms with Crippen molar-refractivity contribution in [3.05, 3.63) is 35.9 Å². The van der Waals surface area contributed by atoms with Crippen molar-refractivity contribution in [1.82, 2.24) is 9.80 Å². The van der Waals surface area contributed by atoms with Crippen LogP contribution in [0.15, 0.2) is 30.3 Å². The van der Waals surface area contributed by atoms with Crippen LogP contribution in [-0.2, 0) is 9.59 Å². The molecule has 1 fully saturated rings. The summed E-state index contributed by atoms with van der Waals surface area (Å²) in [5, 5.41) is 0. The quantitative estimate of drug-likeness (QED) is 0.719. The molecule has 26 heavy (non-hydrogen) atoms. The van der Waals surface area contributed by atoms with Gasteiger partial charge in [-0.25, -0.2) is 8.78 Å². The molecule has 0 saturated carbocycles. The van der Waals surface area contributed by atoms with Crippen LogP contribution < -0.4 is 4.90 Å². The summed E-state index contributed by atoms with van der Waals surface area (Å²) in [5.74, 6) is -3.87. The van der Waals surface area contributed by atoms with Crippen molar-refractivity contribution in [2.45, 2.75) is 19.3 Å². The van der Waals surface area contributed by atoms with Gasteiger partial charge in [0.05, 0.1) is 5.69 Å². The molecule has 1 saturated heterocycles. The second kappa shape index (κ2) is 7.15. The summed E-state index contributed by atoms with van der Waals surface area (Å²) in [6.45, 7) is 3.76. The second-order valence-corrected chi connectivity index (χ2v) is 6.83. The third-order valence-electron chi connectivity index (χ3n) is 4.99. The van der Waals surface area contributed by atoms with Crippen molar-refractivity contribution in [2.24, 2.45) is 0 Å². The predicted octanol–water partition coefficient (Wildman–Crippen LogP) is 2.24. The van der Waals surface area contributed by atoms with Crippen molar-refractivity contribution in [2.75, 3.05) is 44.7 Å². The van der Waals surface area contributed by atoms with Crippen molar-refractivity contribution in [3.8, 4) is 0 Å². The number of fused-ring (bicyclic) bond motifs is 1. The molecule has 5 nitrogen and oxygen atoms in total. The molecule has 0 radical (unpaired) electrons. The highest BCUT2D eigenvalue weighted by atomic mass is 19.3. The number of hydrogen-bond acceptors (Lipinski definition) is 3. The molecule has 0 aromatic heterocycles. The Morgan fingerprint density at radius 3 is 2.38 bits per heavy atom. The molecule has 2 aliphatic heterocycles. The summed E-state index contributed by atoms with van der Waals surface area (Å²) in [4.78, 5) is 29.6. The Hall–Kier alpha value is -2.28. The highest BCUT2D eigenvalue weighted by Crippen LogP contribution is 2.43. The van der Waals surface area contributed by atoms with Crippen molar-refractivity contribution in [1.29, 1.82) is 0 Å². The van der Waals surface area contributed by atoms with Crippen molar-refractivity contribution < 1.29 is 18.4 Å². The van der Waals surface area contributed by atoms with Crippen LogP contribution in [0, 0.1) is 0 Å². The number of benzene rings is 1. The molecule has 0 spiro atoms. The zero-order valence-electron chi connectivity index (χ0n) is 15.0. The zero-order chi connectivity index (χ0) is 18.9. The molecule has 0 aliphatic carbocycles. The Kier molecular flexibility index (Phi) is 5.09. The lowest BCUT2D eigenvalue weighted by Crippen LogP contribution is -2.46. The number of piperazine rings is 1. The van der Waals surface area contributed by atoms with Gasteiger partial charge in [0.15, 0.2) is 0 Å². The predicted molar refractivity (Wildman–Crippen MR) is 96.1 cm³/mol. The van der Waals surface area contributed by atoms with E-state index in [1.54, 1.807) is 29.2 Å². The second-order valence-electron chi connectivity index (χ2n) is 6.83. The molecular formula is C19H23F2N3O2. The van der Waals surface area contributed by atoms with Crippen LogP contribution in [0.1, 0.15) is 18.9 Å². The van der Waals surface area contributed by atoms with Crippen LogP contribution in [0.5, 0.6) is 0 Å². The van der Waals surface area contributed by atoms with Gasteiger partial charge in [0, 0.05) is 63.3 Å². The smallest absolute Gasteiger partial charge is 0.275 e. The molecule has 0 unspecified atom stereocenters. The number of rotatable bonds is 1. The summed E-state index contributed by atoms with van der Waals surface area (Å²) in [6.07, 6.45) is 0.552. The number of para-hydroxylation sites is 1. The van der Waals surface area contributed by atoms with Crippen LogP contribution in [0.2, 0.25) is 0 Å². The first-order valence-electron chi connectivity index (χ1n) is 8.74. The summed E-state index contributed by atoms with van der Waals surface area (Å²) in [7, 11) is 1.96. The third kappa shape index (κ3) is 3.62. The minimum absolute atomic E-state index is 0.0839. The van der Waals surface area contributed by atoms with Gasteiger partial charge in [-0.15, -0.1) is 0 Å². The standard InChI is InChI=1S/C19H23F2N3O2/c1-14(25)24-8-7-19(20,21)16(15-5-3-4-6-17(15)24)13-18(26)23-11-9-22(2)10-12-23/h3-6,13H,7-12H2,1-2H3. The van der Waals surface area contributed by atoms with Gasteiger partial charge in [0.25, 0.3) is 5.92 Å². The largest absolute Gasteiger partial charge is 0.337 e. The molecule has 2 heterocycles. The monoisotopic (exact) mass is 363 g/mol. The Morgan fingerprint density at radius 2 is 1.73 bits per heavy atom. The molecule has 2 aliphatic rings. The number of alkyl halides is 2. The highest BCUT2D eigenvalue weighted by Gasteiger charge is 2.41. The molecule has 0 bridgehead atoms. The van der Waals surface area contributed by atoms with Gasteiger partial charge in [0.2, 0.25) is 11.8 Å². The van der Waals surface area contributed by atoms with Crippen LogP contribution >= 0.6 is 0 Å². The average Bonchev–Trinajstić information content (AvgIpc) is 2.70. The topological polar surface area (TPSA) is 43.9 Å². The number of halogens is 2. The summed E-state index contributed by atoms with van der Waals surface area (Å²) in [6, 6.07) is 6.55. The SMILES string of the molecule is CC(=O)N1CCC(F)(F)C(=CC(=O)N2CCN(C)CC2)c2ccccc21. The van der Waals surface area contributed by atoms with E-state index in [1.807, 2.05) is 7.05 Å². The number of carbonyl (C=O) groups is 2. The minimum atomic E-state index is -3.18. The van der Waals surface area contributed by atoms with E-state index < -0.39 is 18.3 Å². The van der Waals surface area contributed by atoms with Gasteiger partial charge in [-0.1, -0.05) is 18.2 Å². The number of allylic oxidation sites excluding steroid dienone is 1. The first-order chi connectivity index (χ1) is 12.3. The number of hydrogen-bond donors (Lipinski definition) is 0.